The highest BCUT2D eigenvalue weighted by molar-refractivity contribution is 7.92. The molecule has 0 spiro atoms. The van der Waals surface area contributed by atoms with Gasteiger partial charge in [-0.1, -0.05) is 0 Å². The largest absolute Gasteiger partial charge is 0.495 e. The third kappa shape index (κ3) is 3.40. The van der Waals surface area contributed by atoms with Gasteiger partial charge in [0.05, 0.1) is 12.8 Å². The van der Waals surface area contributed by atoms with Crippen LogP contribution in [-0.2, 0) is 10.0 Å². The number of nitrogens with one attached hydrogen (secondary N) is 1. The van der Waals surface area contributed by atoms with Crippen molar-refractivity contribution < 1.29 is 21.9 Å². The van der Waals surface area contributed by atoms with E-state index in [0.717, 1.165) is 12.1 Å². The Morgan fingerprint density at radius 1 is 1.10 bits per heavy atom. The number of benzene rings is 2. The van der Waals surface area contributed by atoms with Crippen molar-refractivity contribution in [2.24, 2.45) is 0 Å². The maximum absolute atomic E-state index is 13.1. The molecule has 0 saturated carbocycles. The molecule has 3 N–H and O–H groups in total. The van der Waals surface area contributed by atoms with E-state index in [1.54, 1.807) is 0 Å². The minimum absolute atomic E-state index is 0.0272. The Labute approximate surface area is 120 Å². The Balaban J connectivity index is 2.43. The van der Waals surface area contributed by atoms with E-state index < -0.39 is 21.7 Å². The van der Waals surface area contributed by atoms with Crippen LogP contribution in [0, 0.1) is 11.6 Å². The lowest BCUT2D eigenvalue weighted by molar-refractivity contribution is 0.403. The highest BCUT2D eigenvalue weighted by atomic mass is 32.2. The third-order valence-electron chi connectivity index (χ3n) is 2.59. The van der Waals surface area contributed by atoms with E-state index in [9.17, 15) is 17.2 Å². The Morgan fingerprint density at radius 3 is 2.29 bits per heavy atom. The van der Waals surface area contributed by atoms with Crippen molar-refractivity contribution in [3.05, 3.63) is 48.0 Å². The normalized spacial score (nSPS) is 11.2. The lowest BCUT2D eigenvalue weighted by atomic mass is 10.3. The molecule has 0 bridgehead atoms. The summed E-state index contributed by atoms with van der Waals surface area (Å²) >= 11 is 0. The Morgan fingerprint density at radius 2 is 1.71 bits per heavy atom. The summed E-state index contributed by atoms with van der Waals surface area (Å²) in [5, 5.41) is 0. The van der Waals surface area contributed by atoms with Crippen molar-refractivity contribution in [2.75, 3.05) is 17.6 Å². The average Bonchev–Trinajstić information content (AvgIpc) is 2.36. The fourth-order valence-corrected chi connectivity index (χ4v) is 2.92. The zero-order valence-corrected chi connectivity index (χ0v) is 11.7. The van der Waals surface area contributed by atoms with Crippen LogP contribution in [0.5, 0.6) is 5.75 Å². The van der Waals surface area contributed by atoms with Gasteiger partial charge in [0.2, 0.25) is 0 Å². The van der Waals surface area contributed by atoms with Crippen molar-refractivity contribution in [1.29, 1.82) is 0 Å². The molecule has 0 fully saturated rings. The molecular formula is C13H12F2N2O3S. The molecule has 112 valence electrons. The van der Waals surface area contributed by atoms with E-state index in [1.165, 1.54) is 25.3 Å². The molecule has 0 aliphatic heterocycles. The standard InChI is InChI=1S/C13H12F2N2O3S/c1-20-12-7-10(16)2-3-13(12)21(18,19)17-11-5-8(14)4-9(15)6-11/h2-7,17H,16H2,1H3. The first kappa shape index (κ1) is 15.0. The number of rotatable bonds is 4. The minimum Gasteiger partial charge on any atom is -0.495 e. The maximum atomic E-state index is 13.1. The maximum Gasteiger partial charge on any atom is 0.265 e. The molecule has 0 radical (unpaired) electrons. The highest BCUT2D eigenvalue weighted by Crippen LogP contribution is 2.28. The summed E-state index contributed by atoms with van der Waals surface area (Å²) in [5.74, 6) is -1.76. The highest BCUT2D eigenvalue weighted by Gasteiger charge is 2.20. The van der Waals surface area contributed by atoms with E-state index >= 15 is 0 Å². The lowest BCUT2D eigenvalue weighted by Crippen LogP contribution is -2.14. The summed E-state index contributed by atoms with van der Waals surface area (Å²) in [6.07, 6.45) is 0. The van der Waals surface area contributed by atoms with Gasteiger partial charge in [-0.2, -0.15) is 0 Å². The van der Waals surface area contributed by atoms with E-state index in [-0.39, 0.29) is 16.3 Å². The van der Waals surface area contributed by atoms with Crippen LogP contribution in [0.15, 0.2) is 41.3 Å². The van der Waals surface area contributed by atoms with Gasteiger partial charge in [-0.3, -0.25) is 4.72 Å². The van der Waals surface area contributed by atoms with Crippen molar-refractivity contribution in [1.82, 2.24) is 0 Å². The second-order valence-corrected chi connectivity index (χ2v) is 5.82. The predicted molar refractivity (Wildman–Crippen MR) is 74.6 cm³/mol. The molecule has 0 heterocycles. The number of anilines is 2. The molecule has 0 aromatic heterocycles. The van der Waals surface area contributed by atoms with Crippen LogP contribution in [0.25, 0.3) is 0 Å². The van der Waals surface area contributed by atoms with Gasteiger partial charge in [-0.15, -0.1) is 0 Å². The Hall–Kier alpha value is -2.35. The SMILES string of the molecule is COc1cc(N)ccc1S(=O)(=O)Nc1cc(F)cc(F)c1. The van der Waals surface area contributed by atoms with Gasteiger partial charge in [-0.25, -0.2) is 17.2 Å². The van der Waals surface area contributed by atoms with Crippen LogP contribution in [-0.4, -0.2) is 15.5 Å². The van der Waals surface area contributed by atoms with Crippen molar-refractivity contribution in [3.63, 3.8) is 0 Å². The summed E-state index contributed by atoms with van der Waals surface area (Å²) in [6, 6.07) is 6.33. The molecule has 8 heteroatoms. The van der Waals surface area contributed by atoms with Crippen LogP contribution >= 0.6 is 0 Å². The zero-order chi connectivity index (χ0) is 15.6. The monoisotopic (exact) mass is 314 g/mol. The van der Waals surface area contributed by atoms with Crippen molar-refractivity contribution in [2.45, 2.75) is 4.90 Å². The van der Waals surface area contributed by atoms with Gasteiger partial charge in [-0.05, 0) is 24.3 Å². The fourth-order valence-electron chi connectivity index (χ4n) is 1.73. The number of halogens is 2. The van der Waals surface area contributed by atoms with Crippen LogP contribution in [0.2, 0.25) is 0 Å². The minimum atomic E-state index is -4.07. The van der Waals surface area contributed by atoms with E-state index in [0.29, 0.717) is 11.8 Å². The quantitative estimate of drug-likeness (QED) is 0.849. The average molecular weight is 314 g/mol. The van der Waals surface area contributed by atoms with Crippen molar-refractivity contribution >= 4 is 21.4 Å². The summed E-state index contributed by atoms with van der Waals surface area (Å²) in [7, 11) is -2.78. The summed E-state index contributed by atoms with van der Waals surface area (Å²) in [6.45, 7) is 0. The molecule has 2 rings (SSSR count). The van der Waals surface area contributed by atoms with E-state index in [4.69, 9.17) is 10.5 Å². The summed E-state index contributed by atoms with van der Waals surface area (Å²) in [5.41, 5.74) is 5.64. The van der Waals surface area contributed by atoms with Gasteiger partial charge in [0.25, 0.3) is 10.0 Å². The first-order chi connectivity index (χ1) is 9.81. The van der Waals surface area contributed by atoms with Gasteiger partial charge in [0.1, 0.15) is 22.3 Å². The Bertz CT molecular complexity index is 759. The smallest absolute Gasteiger partial charge is 0.265 e. The summed E-state index contributed by atoms with van der Waals surface area (Å²) < 4.78 is 57.7. The van der Waals surface area contributed by atoms with Gasteiger partial charge in [0, 0.05) is 17.8 Å². The summed E-state index contributed by atoms with van der Waals surface area (Å²) in [4.78, 5) is -0.191. The molecular weight excluding hydrogens is 302 g/mol. The van der Waals surface area contributed by atoms with Crippen LogP contribution < -0.4 is 15.2 Å². The second-order valence-electron chi connectivity index (χ2n) is 4.17. The van der Waals surface area contributed by atoms with Crippen LogP contribution in [0.1, 0.15) is 0 Å². The third-order valence-corrected chi connectivity index (χ3v) is 4.01. The Kier molecular flexibility index (Phi) is 3.99. The molecule has 2 aromatic carbocycles. The number of hydrogen-bond donors (Lipinski definition) is 2. The second kappa shape index (κ2) is 5.57. The zero-order valence-electron chi connectivity index (χ0n) is 10.9. The van der Waals surface area contributed by atoms with Crippen LogP contribution in [0.4, 0.5) is 20.2 Å². The number of nitrogens with two attached hydrogens (primary N) is 1. The molecule has 0 aliphatic carbocycles. The molecule has 21 heavy (non-hydrogen) atoms. The van der Waals surface area contributed by atoms with Crippen molar-refractivity contribution in [3.8, 4) is 5.75 Å². The van der Waals surface area contributed by atoms with Gasteiger partial charge in [0.15, 0.2) is 0 Å². The fraction of sp³-hybridized carbons (Fsp3) is 0.0769. The molecule has 0 unspecified atom stereocenters. The number of methoxy groups -OCH3 is 1. The molecule has 0 amide bonds. The number of hydrogen-bond acceptors (Lipinski definition) is 4. The van der Waals surface area contributed by atoms with Gasteiger partial charge < -0.3 is 10.5 Å². The number of nitrogen functional groups attached to an aromatic ring is 1. The lowest BCUT2D eigenvalue weighted by Gasteiger charge is -2.12. The first-order valence-electron chi connectivity index (χ1n) is 5.74. The van der Waals surface area contributed by atoms with Crippen LogP contribution in [0.3, 0.4) is 0 Å². The first-order valence-corrected chi connectivity index (χ1v) is 7.22. The molecule has 0 aliphatic rings. The number of sulfonamides is 1. The van der Waals surface area contributed by atoms with E-state index in [1.807, 2.05) is 0 Å². The van der Waals surface area contributed by atoms with Gasteiger partial charge >= 0.3 is 0 Å². The topological polar surface area (TPSA) is 81.4 Å². The molecule has 0 saturated heterocycles. The van der Waals surface area contributed by atoms with E-state index in [2.05, 4.69) is 4.72 Å². The predicted octanol–water partition coefficient (Wildman–Crippen LogP) is 2.36. The number of ether oxygens (including phenoxy) is 1. The molecule has 2 aromatic rings. The molecule has 0 atom stereocenters. The molecule has 5 nitrogen and oxygen atoms in total.